The van der Waals surface area contributed by atoms with Crippen LogP contribution in [-0.4, -0.2) is 43.3 Å². The van der Waals surface area contributed by atoms with Gasteiger partial charge in [0.25, 0.3) is 15.9 Å². The van der Waals surface area contributed by atoms with E-state index in [1.54, 1.807) is 19.2 Å². The number of ether oxygens (including phenoxy) is 1. The van der Waals surface area contributed by atoms with Gasteiger partial charge in [0.2, 0.25) is 11.0 Å². The summed E-state index contributed by atoms with van der Waals surface area (Å²) in [5.41, 5.74) is 3.71. The van der Waals surface area contributed by atoms with Crippen molar-refractivity contribution < 1.29 is 35.9 Å². The zero-order valence-electron chi connectivity index (χ0n) is 21.4. The number of carbonyl (C=O) groups is 2. The standard InChI is InChI=1S/C25H21F3N6O5S3/c1-39-19-9-4-7-17(13-19)29-23-32-33-24(41-23)40-14-21(35)30-31-22(36)15-5-2-10-20(11-15)42(37,38)34-18-8-3-6-16(12-18)25(26,27)28/h2-13,34H,14H2,1H3,(H,29,32)(H,30,35)(H,31,36). The van der Waals surface area contributed by atoms with Gasteiger partial charge in [-0.2, -0.15) is 13.2 Å². The van der Waals surface area contributed by atoms with Gasteiger partial charge in [-0.05, 0) is 48.5 Å². The van der Waals surface area contributed by atoms with Crippen LogP contribution in [0.4, 0.5) is 29.7 Å². The van der Waals surface area contributed by atoms with Crippen molar-refractivity contribution in [2.45, 2.75) is 15.4 Å². The van der Waals surface area contributed by atoms with Gasteiger partial charge in [0.05, 0.1) is 23.3 Å². The minimum Gasteiger partial charge on any atom is -0.497 e. The lowest BCUT2D eigenvalue weighted by Gasteiger charge is -2.12. The Bertz CT molecular complexity index is 1700. The molecule has 17 heteroatoms. The summed E-state index contributed by atoms with van der Waals surface area (Å²) in [5, 5.41) is 11.6. The van der Waals surface area contributed by atoms with E-state index in [4.69, 9.17) is 4.74 Å². The van der Waals surface area contributed by atoms with Gasteiger partial charge < -0.3 is 10.1 Å². The lowest BCUT2D eigenvalue weighted by molar-refractivity contribution is -0.137. The maximum Gasteiger partial charge on any atom is 0.416 e. The number of anilines is 3. The number of hydrogen-bond acceptors (Lipinski definition) is 10. The Morgan fingerprint density at radius 2 is 1.69 bits per heavy atom. The van der Waals surface area contributed by atoms with Crippen molar-refractivity contribution in [3.8, 4) is 5.75 Å². The van der Waals surface area contributed by atoms with E-state index in [1.807, 2.05) is 12.1 Å². The number of sulfonamides is 1. The first kappa shape index (κ1) is 30.6. The van der Waals surface area contributed by atoms with Crippen LogP contribution in [0.1, 0.15) is 15.9 Å². The summed E-state index contributed by atoms with van der Waals surface area (Å²) in [6.45, 7) is 0. The molecule has 0 atom stereocenters. The van der Waals surface area contributed by atoms with Crippen molar-refractivity contribution >= 4 is 61.4 Å². The molecule has 0 aliphatic heterocycles. The summed E-state index contributed by atoms with van der Waals surface area (Å²) in [6, 6.07) is 15.7. The van der Waals surface area contributed by atoms with Crippen LogP contribution < -0.4 is 25.6 Å². The third-order valence-electron chi connectivity index (χ3n) is 5.22. The molecule has 0 radical (unpaired) electrons. The monoisotopic (exact) mass is 638 g/mol. The molecular formula is C25H21F3N6O5S3. The van der Waals surface area contributed by atoms with E-state index in [9.17, 15) is 31.2 Å². The van der Waals surface area contributed by atoms with Crippen molar-refractivity contribution in [3.05, 3.63) is 83.9 Å². The van der Waals surface area contributed by atoms with Crippen LogP contribution >= 0.6 is 23.1 Å². The molecule has 3 aromatic carbocycles. The van der Waals surface area contributed by atoms with Gasteiger partial charge in [-0.15, -0.1) is 10.2 Å². The van der Waals surface area contributed by atoms with Crippen molar-refractivity contribution in [1.29, 1.82) is 0 Å². The smallest absolute Gasteiger partial charge is 0.416 e. The number of hydrazine groups is 1. The van der Waals surface area contributed by atoms with E-state index in [-0.39, 0.29) is 21.9 Å². The molecule has 0 saturated heterocycles. The number of alkyl halides is 3. The Morgan fingerprint density at radius 3 is 2.45 bits per heavy atom. The second kappa shape index (κ2) is 13.1. The van der Waals surface area contributed by atoms with Crippen LogP contribution in [0.25, 0.3) is 0 Å². The number of carbonyl (C=O) groups excluding carboxylic acids is 2. The molecule has 4 rings (SSSR count). The maximum atomic E-state index is 13.0. The molecule has 0 bridgehead atoms. The second-order valence-corrected chi connectivity index (χ2v) is 12.1. The summed E-state index contributed by atoms with van der Waals surface area (Å²) >= 11 is 2.30. The van der Waals surface area contributed by atoms with Crippen LogP contribution in [0.15, 0.2) is 82.0 Å². The SMILES string of the molecule is COc1cccc(Nc2nnc(SCC(=O)NNC(=O)c3cccc(S(=O)(=O)Nc4cccc(C(F)(F)F)c4)c3)s2)c1. The normalized spacial score (nSPS) is 11.4. The topological polar surface area (TPSA) is 151 Å². The first-order chi connectivity index (χ1) is 19.9. The largest absolute Gasteiger partial charge is 0.497 e. The molecule has 42 heavy (non-hydrogen) atoms. The van der Waals surface area contributed by atoms with Crippen molar-refractivity contribution in [2.75, 3.05) is 22.9 Å². The Labute approximate surface area is 245 Å². The molecule has 2 amide bonds. The maximum absolute atomic E-state index is 13.0. The average molecular weight is 639 g/mol. The molecule has 11 nitrogen and oxygen atoms in total. The van der Waals surface area contributed by atoms with E-state index in [1.165, 1.54) is 29.5 Å². The fourth-order valence-electron chi connectivity index (χ4n) is 3.28. The first-order valence-corrected chi connectivity index (χ1v) is 15.0. The highest BCUT2D eigenvalue weighted by atomic mass is 32.2. The fourth-order valence-corrected chi connectivity index (χ4v) is 5.95. The van der Waals surface area contributed by atoms with Crippen molar-refractivity contribution in [2.24, 2.45) is 0 Å². The average Bonchev–Trinajstić information content (AvgIpc) is 3.41. The summed E-state index contributed by atoms with van der Waals surface area (Å²) in [5.74, 6) is -0.826. The van der Waals surface area contributed by atoms with Crippen molar-refractivity contribution in [1.82, 2.24) is 21.0 Å². The number of rotatable bonds is 10. The van der Waals surface area contributed by atoms with Gasteiger partial charge in [-0.25, -0.2) is 8.42 Å². The summed E-state index contributed by atoms with van der Waals surface area (Å²) in [7, 11) is -2.78. The fraction of sp³-hybridized carbons (Fsp3) is 0.120. The molecule has 0 fully saturated rings. The third kappa shape index (κ3) is 8.34. The molecule has 1 aromatic heterocycles. The predicted octanol–water partition coefficient (Wildman–Crippen LogP) is 4.66. The zero-order chi connectivity index (χ0) is 30.3. The van der Waals surface area contributed by atoms with Gasteiger partial charge in [0.1, 0.15) is 5.75 Å². The quantitative estimate of drug-likeness (QED) is 0.144. The van der Waals surface area contributed by atoms with E-state index < -0.39 is 33.6 Å². The molecule has 1 heterocycles. The van der Waals surface area contributed by atoms with Crippen LogP contribution in [0.3, 0.4) is 0 Å². The lowest BCUT2D eigenvalue weighted by atomic mass is 10.2. The second-order valence-electron chi connectivity index (χ2n) is 8.23. The molecule has 0 spiro atoms. The third-order valence-corrected chi connectivity index (χ3v) is 8.57. The Balaban J connectivity index is 1.29. The van der Waals surface area contributed by atoms with Crippen LogP contribution in [0.2, 0.25) is 0 Å². The van der Waals surface area contributed by atoms with Crippen LogP contribution in [0, 0.1) is 0 Å². The highest BCUT2D eigenvalue weighted by Gasteiger charge is 2.30. The molecular weight excluding hydrogens is 618 g/mol. The van der Waals surface area contributed by atoms with Crippen LogP contribution in [-0.2, 0) is 21.0 Å². The number of benzene rings is 3. The molecule has 220 valence electrons. The van der Waals surface area contributed by atoms with E-state index in [0.717, 1.165) is 41.7 Å². The number of halogens is 3. The Hall–Kier alpha value is -4.35. The summed E-state index contributed by atoms with van der Waals surface area (Å²) in [4.78, 5) is 24.4. The highest BCUT2D eigenvalue weighted by Crippen LogP contribution is 2.31. The predicted molar refractivity (Wildman–Crippen MR) is 151 cm³/mol. The number of nitrogens with one attached hydrogen (secondary N) is 4. The van der Waals surface area contributed by atoms with E-state index in [0.29, 0.717) is 21.3 Å². The lowest BCUT2D eigenvalue weighted by Crippen LogP contribution is -2.42. The summed E-state index contributed by atoms with van der Waals surface area (Å²) < 4.78 is 72.1. The van der Waals surface area contributed by atoms with Crippen LogP contribution in [0.5, 0.6) is 5.75 Å². The van der Waals surface area contributed by atoms with E-state index >= 15 is 0 Å². The minimum atomic E-state index is -4.66. The van der Waals surface area contributed by atoms with Gasteiger partial charge >= 0.3 is 6.18 Å². The molecule has 4 aromatic rings. The van der Waals surface area contributed by atoms with Gasteiger partial charge in [0, 0.05) is 23.0 Å². The summed E-state index contributed by atoms with van der Waals surface area (Å²) in [6.07, 6.45) is -4.66. The molecule has 0 aliphatic rings. The van der Waals surface area contributed by atoms with Gasteiger partial charge in [-0.1, -0.05) is 41.3 Å². The zero-order valence-corrected chi connectivity index (χ0v) is 23.9. The van der Waals surface area contributed by atoms with Gasteiger partial charge in [-0.3, -0.25) is 25.2 Å². The number of hydrogen-bond donors (Lipinski definition) is 4. The number of nitrogens with zero attached hydrogens (tertiary/aromatic N) is 2. The first-order valence-electron chi connectivity index (χ1n) is 11.7. The number of aromatic nitrogens is 2. The molecule has 4 N–H and O–H groups in total. The molecule has 0 aliphatic carbocycles. The Kier molecular flexibility index (Phi) is 9.54. The molecule has 0 unspecified atom stereocenters. The number of methoxy groups -OCH3 is 1. The van der Waals surface area contributed by atoms with E-state index in [2.05, 4.69) is 31.1 Å². The minimum absolute atomic E-state index is 0.108. The number of amides is 2. The van der Waals surface area contributed by atoms with Crippen molar-refractivity contribution in [3.63, 3.8) is 0 Å². The number of thioether (sulfide) groups is 1. The highest BCUT2D eigenvalue weighted by molar-refractivity contribution is 8.01. The Morgan fingerprint density at radius 1 is 0.952 bits per heavy atom. The molecule has 0 saturated carbocycles. The van der Waals surface area contributed by atoms with Gasteiger partial charge in [0.15, 0.2) is 4.34 Å².